The number of amides is 1. The monoisotopic (exact) mass is 391 g/mol. The number of quaternary nitrogens is 1. The van der Waals surface area contributed by atoms with Crippen LogP contribution in [0.3, 0.4) is 0 Å². The van der Waals surface area contributed by atoms with Crippen molar-refractivity contribution in [1.82, 2.24) is 0 Å². The third-order valence-electron chi connectivity index (χ3n) is 4.54. The maximum Gasteiger partial charge on any atom is 0.279 e. The molecule has 3 N–H and O–H groups in total. The van der Waals surface area contributed by atoms with Crippen molar-refractivity contribution in [2.45, 2.75) is 0 Å². The maximum atomic E-state index is 12.3. The standard InChI is InChI=1S/C18H19ClN4O4/c19-14-11-13(23(26)27)5-6-15(14)20-18(25)12-21-7-9-22(10-8-21)16-3-1-2-4-17(16)24/h1-6,11,24H,7-10,12H2,(H,20,25)/p+1. The van der Waals surface area contributed by atoms with Gasteiger partial charge in [0.05, 0.1) is 47.5 Å². The van der Waals surface area contributed by atoms with Gasteiger partial charge in [0.25, 0.3) is 11.6 Å². The van der Waals surface area contributed by atoms with Gasteiger partial charge in [0.15, 0.2) is 6.54 Å². The fourth-order valence-electron chi connectivity index (χ4n) is 3.11. The molecule has 0 aromatic heterocycles. The fraction of sp³-hybridized carbons (Fsp3) is 0.278. The van der Waals surface area contributed by atoms with E-state index in [0.717, 1.165) is 36.8 Å². The lowest BCUT2D eigenvalue weighted by Crippen LogP contribution is -3.15. The summed E-state index contributed by atoms with van der Waals surface area (Å²) in [5, 5.41) is 23.5. The minimum absolute atomic E-state index is 0.121. The first-order valence-electron chi connectivity index (χ1n) is 8.54. The number of nitrogens with one attached hydrogen (secondary N) is 2. The van der Waals surface area contributed by atoms with Crippen molar-refractivity contribution in [1.29, 1.82) is 0 Å². The third kappa shape index (κ3) is 4.66. The van der Waals surface area contributed by atoms with Crippen LogP contribution in [-0.4, -0.2) is 48.7 Å². The van der Waals surface area contributed by atoms with E-state index in [1.165, 1.54) is 18.2 Å². The lowest BCUT2D eigenvalue weighted by molar-refractivity contribution is -0.892. The molecule has 9 heteroatoms. The molecular formula is C18H20ClN4O4+. The molecule has 3 rings (SSSR count). The first-order chi connectivity index (χ1) is 12.9. The minimum Gasteiger partial charge on any atom is -0.506 e. The normalized spacial score (nSPS) is 14.8. The van der Waals surface area contributed by atoms with Gasteiger partial charge in [-0.05, 0) is 18.2 Å². The SMILES string of the molecule is O=C(C[NH+]1CCN(c2ccccc2O)CC1)Nc1ccc([N+](=O)[O-])cc1Cl. The summed E-state index contributed by atoms with van der Waals surface area (Å²) in [5.41, 5.74) is 1.04. The Morgan fingerprint density at radius 1 is 1.26 bits per heavy atom. The van der Waals surface area contributed by atoms with Gasteiger partial charge in [-0.15, -0.1) is 0 Å². The number of halogens is 1. The Bertz CT molecular complexity index is 853. The number of nitro groups is 1. The molecule has 2 aromatic rings. The second-order valence-electron chi connectivity index (χ2n) is 6.37. The molecule has 1 aliphatic rings. The number of anilines is 2. The van der Waals surface area contributed by atoms with Crippen LogP contribution in [0.2, 0.25) is 5.02 Å². The maximum absolute atomic E-state index is 12.3. The average Bonchev–Trinajstić information content (AvgIpc) is 2.64. The second kappa shape index (κ2) is 8.24. The van der Waals surface area contributed by atoms with Crippen molar-refractivity contribution >= 4 is 34.6 Å². The van der Waals surface area contributed by atoms with E-state index in [0.29, 0.717) is 5.69 Å². The van der Waals surface area contributed by atoms with Crippen LogP contribution in [0.5, 0.6) is 5.75 Å². The van der Waals surface area contributed by atoms with Crippen LogP contribution in [0.4, 0.5) is 17.1 Å². The number of aromatic hydroxyl groups is 1. The van der Waals surface area contributed by atoms with Crippen LogP contribution in [0.25, 0.3) is 0 Å². The summed E-state index contributed by atoms with van der Waals surface area (Å²) in [6.45, 7) is 3.27. The summed E-state index contributed by atoms with van der Waals surface area (Å²) in [5.74, 6) is 0.0586. The lowest BCUT2D eigenvalue weighted by Gasteiger charge is -2.33. The van der Waals surface area contributed by atoms with Gasteiger partial charge >= 0.3 is 0 Å². The van der Waals surface area contributed by atoms with Gasteiger partial charge < -0.3 is 20.2 Å². The second-order valence-corrected chi connectivity index (χ2v) is 6.78. The van der Waals surface area contributed by atoms with Crippen molar-refractivity contribution in [2.24, 2.45) is 0 Å². The van der Waals surface area contributed by atoms with Crippen LogP contribution in [0.1, 0.15) is 0 Å². The van der Waals surface area contributed by atoms with Gasteiger partial charge in [0, 0.05) is 12.1 Å². The molecule has 0 bridgehead atoms. The van der Waals surface area contributed by atoms with E-state index in [9.17, 15) is 20.0 Å². The van der Waals surface area contributed by atoms with Gasteiger partial charge in [-0.3, -0.25) is 14.9 Å². The van der Waals surface area contributed by atoms with E-state index in [1.807, 2.05) is 12.1 Å². The summed E-state index contributed by atoms with van der Waals surface area (Å²) in [4.78, 5) is 25.7. The molecule has 27 heavy (non-hydrogen) atoms. The Balaban J connectivity index is 1.53. The number of rotatable bonds is 5. The number of carbonyl (C=O) groups excluding carboxylic acids is 1. The summed E-state index contributed by atoms with van der Waals surface area (Å²) in [6, 6.07) is 11.2. The number of phenols is 1. The van der Waals surface area contributed by atoms with E-state index in [2.05, 4.69) is 10.2 Å². The molecule has 142 valence electrons. The van der Waals surface area contributed by atoms with Gasteiger partial charge in [-0.25, -0.2) is 0 Å². The van der Waals surface area contributed by atoms with Crippen LogP contribution in [0, 0.1) is 10.1 Å². The van der Waals surface area contributed by atoms with E-state index >= 15 is 0 Å². The predicted octanol–water partition coefficient (Wildman–Crippen LogP) is 1.30. The van der Waals surface area contributed by atoms with Crippen molar-refractivity contribution < 1.29 is 19.7 Å². The number of nitro benzene ring substituents is 1. The van der Waals surface area contributed by atoms with Gasteiger partial charge in [-0.2, -0.15) is 0 Å². The number of benzene rings is 2. The van der Waals surface area contributed by atoms with E-state index in [4.69, 9.17) is 11.6 Å². The Labute approximate surface area is 161 Å². The van der Waals surface area contributed by atoms with Crippen LogP contribution < -0.4 is 15.1 Å². The molecule has 2 aromatic carbocycles. The molecule has 0 radical (unpaired) electrons. The molecule has 1 fully saturated rings. The summed E-state index contributed by atoms with van der Waals surface area (Å²) >= 11 is 6.01. The highest BCUT2D eigenvalue weighted by Crippen LogP contribution is 2.27. The molecular weight excluding hydrogens is 372 g/mol. The molecule has 0 unspecified atom stereocenters. The molecule has 0 atom stereocenters. The van der Waals surface area contributed by atoms with E-state index in [1.54, 1.807) is 12.1 Å². The molecule has 8 nitrogen and oxygen atoms in total. The number of hydrogen-bond donors (Lipinski definition) is 3. The zero-order chi connectivity index (χ0) is 19.4. The fourth-order valence-corrected chi connectivity index (χ4v) is 3.33. The van der Waals surface area contributed by atoms with Gasteiger partial charge in [0.1, 0.15) is 5.75 Å². The first-order valence-corrected chi connectivity index (χ1v) is 8.92. The highest BCUT2D eigenvalue weighted by Gasteiger charge is 2.24. The summed E-state index contributed by atoms with van der Waals surface area (Å²) in [7, 11) is 0. The van der Waals surface area contributed by atoms with E-state index < -0.39 is 4.92 Å². The minimum atomic E-state index is -0.536. The number of piperazine rings is 1. The van der Waals surface area contributed by atoms with Crippen molar-refractivity contribution in [3.05, 3.63) is 57.6 Å². The average molecular weight is 392 g/mol. The number of phenolic OH excluding ortho intramolecular Hbond substituents is 1. The topological polar surface area (TPSA) is 100 Å². The zero-order valence-electron chi connectivity index (χ0n) is 14.5. The smallest absolute Gasteiger partial charge is 0.279 e. The Hall–Kier alpha value is -2.84. The van der Waals surface area contributed by atoms with Crippen molar-refractivity contribution in [2.75, 3.05) is 42.9 Å². The largest absolute Gasteiger partial charge is 0.506 e. The van der Waals surface area contributed by atoms with Gasteiger partial charge in [0.2, 0.25) is 0 Å². The Kier molecular flexibility index (Phi) is 5.78. The van der Waals surface area contributed by atoms with E-state index in [-0.39, 0.29) is 28.9 Å². The van der Waals surface area contributed by atoms with Crippen molar-refractivity contribution in [3.63, 3.8) is 0 Å². The third-order valence-corrected chi connectivity index (χ3v) is 4.85. The molecule has 1 amide bonds. The van der Waals surface area contributed by atoms with Crippen LogP contribution >= 0.6 is 11.6 Å². The molecule has 1 saturated heterocycles. The molecule has 1 heterocycles. The van der Waals surface area contributed by atoms with Crippen LogP contribution in [0.15, 0.2) is 42.5 Å². The molecule has 0 spiro atoms. The quantitative estimate of drug-likeness (QED) is 0.527. The number of hydrogen-bond acceptors (Lipinski definition) is 5. The van der Waals surface area contributed by atoms with Crippen molar-refractivity contribution in [3.8, 4) is 5.75 Å². The highest BCUT2D eigenvalue weighted by molar-refractivity contribution is 6.33. The molecule has 0 aliphatic carbocycles. The predicted molar refractivity (Wildman–Crippen MR) is 103 cm³/mol. The zero-order valence-corrected chi connectivity index (χ0v) is 15.3. The first kappa shape index (κ1) is 18.9. The van der Waals surface area contributed by atoms with Gasteiger partial charge in [-0.1, -0.05) is 23.7 Å². The number of nitrogens with zero attached hydrogens (tertiary/aromatic N) is 2. The highest BCUT2D eigenvalue weighted by atomic mass is 35.5. The number of non-ortho nitro benzene ring substituents is 1. The van der Waals surface area contributed by atoms with Crippen LogP contribution in [-0.2, 0) is 4.79 Å². The number of carbonyl (C=O) groups is 1. The summed E-state index contributed by atoms with van der Waals surface area (Å²) in [6.07, 6.45) is 0. The summed E-state index contributed by atoms with van der Waals surface area (Å²) < 4.78 is 0. The Morgan fingerprint density at radius 3 is 2.59 bits per heavy atom. The number of para-hydroxylation sites is 2. The lowest BCUT2D eigenvalue weighted by atomic mass is 10.2. The Morgan fingerprint density at radius 2 is 1.96 bits per heavy atom. The molecule has 0 saturated carbocycles. The molecule has 1 aliphatic heterocycles.